The number of pyridine rings is 1. The van der Waals surface area contributed by atoms with Crippen LogP contribution in [0, 0.1) is 6.57 Å². The number of halogens is 3. The number of hydrogen-bond donors (Lipinski definition) is 1. The third-order valence-electron chi connectivity index (χ3n) is 6.68. The first-order chi connectivity index (χ1) is 18.9. The van der Waals surface area contributed by atoms with Crippen LogP contribution < -0.4 is 5.32 Å². The number of sulfonamides is 1. The predicted molar refractivity (Wildman–Crippen MR) is 142 cm³/mol. The number of nitrogens with zero attached hydrogens (tertiary/aromatic N) is 4. The second kappa shape index (κ2) is 10.2. The van der Waals surface area contributed by atoms with Crippen molar-refractivity contribution in [3.63, 3.8) is 0 Å². The Morgan fingerprint density at radius 2 is 1.60 bits per heavy atom. The summed E-state index contributed by atoms with van der Waals surface area (Å²) in [4.78, 5) is 7.37. The zero-order valence-corrected chi connectivity index (χ0v) is 22.3. The maximum Gasteiger partial charge on any atom is 0.416 e. The Labute approximate surface area is 228 Å². The van der Waals surface area contributed by atoms with E-state index in [1.807, 2.05) is 0 Å². The van der Waals surface area contributed by atoms with Crippen LogP contribution in [0.3, 0.4) is 0 Å². The predicted octanol–water partition coefficient (Wildman–Crippen LogP) is 5.11. The highest BCUT2D eigenvalue weighted by atomic mass is 32.2. The molecule has 1 aliphatic heterocycles. The Kier molecular flexibility index (Phi) is 7.07. The number of hydrogen-bond acceptors (Lipinski definition) is 6. The van der Waals surface area contributed by atoms with Gasteiger partial charge < -0.3 is 5.32 Å². The van der Waals surface area contributed by atoms with Crippen molar-refractivity contribution in [2.45, 2.75) is 34.9 Å². The number of rotatable bonds is 6. The molecule has 1 saturated heterocycles. The van der Waals surface area contributed by atoms with Crippen LogP contribution in [0.2, 0.25) is 0 Å². The summed E-state index contributed by atoms with van der Waals surface area (Å²) in [5, 5.41) is 3.67. The monoisotopic (exact) mass is 589 g/mol. The summed E-state index contributed by atoms with van der Waals surface area (Å²) < 4.78 is 94.0. The highest BCUT2D eigenvalue weighted by molar-refractivity contribution is 7.90. The first-order valence-corrected chi connectivity index (χ1v) is 14.9. The second-order valence-electron chi connectivity index (χ2n) is 9.15. The first-order valence-electron chi connectivity index (χ1n) is 12.0. The molecule has 0 atom stereocenters. The van der Waals surface area contributed by atoms with Crippen molar-refractivity contribution in [2.24, 2.45) is 0 Å². The Hall–Kier alpha value is -3.93. The number of anilines is 1. The summed E-state index contributed by atoms with van der Waals surface area (Å²) in [5.41, 5.74) is -0.370. The number of nitrogens with one attached hydrogen (secondary N) is 1. The van der Waals surface area contributed by atoms with E-state index in [1.54, 1.807) is 24.3 Å². The van der Waals surface area contributed by atoms with E-state index in [1.165, 1.54) is 24.5 Å². The minimum absolute atomic E-state index is 0.0429. The van der Waals surface area contributed by atoms with Gasteiger partial charge in [-0.15, -0.1) is 0 Å². The summed E-state index contributed by atoms with van der Waals surface area (Å²) in [5.74, 6) is 0. The average molecular weight is 590 g/mol. The summed E-state index contributed by atoms with van der Waals surface area (Å²) in [6.07, 6.45) is -1.41. The number of piperidine rings is 1. The van der Waals surface area contributed by atoms with Crippen LogP contribution in [0.25, 0.3) is 15.9 Å². The molecule has 2 aromatic heterocycles. The first kappa shape index (κ1) is 27.6. The molecule has 0 bridgehead atoms. The number of aromatic nitrogens is 2. The fourth-order valence-electron chi connectivity index (χ4n) is 4.62. The van der Waals surface area contributed by atoms with E-state index >= 15 is 0 Å². The lowest BCUT2D eigenvalue weighted by Crippen LogP contribution is -2.42. The van der Waals surface area contributed by atoms with Gasteiger partial charge in [0.2, 0.25) is 15.7 Å². The lowest BCUT2D eigenvalue weighted by molar-refractivity contribution is -0.137. The van der Waals surface area contributed by atoms with Gasteiger partial charge in [-0.3, -0.25) is 0 Å². The minimum atomic E-state index is -4.67. The molecule has 40 heavy (non-hydrogen) atoms. The molecule has 4 aromatic rings. The fraction of sp³-hybridized carbons (Fsp3) is 0.231. The molecule has 0 unspecified atom stereocenters. The van der Waals surface area contributed by atoms with Gasteiger partial charge in [0.25, 0.3) is 10.0 Å². The molecule has 14 heteroatoms. The van der Waals surface area contributed by atoms with Crippen LogP contribution in [0.5, 0.6) is 0 Å². The molecule has 9 nitrogen and oxygen atoms in total. The Morgan fingerprint density at radius 1 is 0.925 bits per heavy atom. The SMILES string of the molecule is [C-]#[N+]c1cnc2c(ccn2S(=O)(=O)c2ccccc2)c1NC1CCN(S(=O)(=O)c2cccc(C(F)(F)F)c2)CC1. The third-order valence-corrected chi connectivity index (χ3v) is 10.3. The summed E-state index contributed by atoms with van der Waals surface area (Å²) in [6, 6.07) is 12.8. The number of benzene rings is 2. The van der Waals surface area contributed by atoms with E-state index in [2.05, 4.69) is 15.1 Å². The van der Waals surface area contributed by atoms with Crippen molar-refractivity contribution >= 4 is 42.5 Å². The van der Waals surface area contributed by atoms with Gasteiger partial charge in [0.05, 0.1) is 27.6 Å². The van der Waals surface area contributed by atoms with Crippen molar-refractivity contribution in [1.29, 1.82) is 0 Å². The van der Waals surface area contributed by atoms with Crippen LogP contribution >= 0.6 is 0 Å². The number of fused-ring (bicyclic) bond motifs is 1. The van der Waals surface area contributed by atoms with Crippen LogP contribution in [-0.2, 0) is 26.2 Å². The molecule has 2 aromatic carbocycles. The standard InChI is InChI=1S/C26H22F3N5O4S2/c1-30-23-17-31-25-22(12-15-34(25)40(37,38)20-7-3-2-4-8-20)24(23)32-19-10-13-33(14-11-19)39(35,36)21-9-5-6-18(16-21)26(27,28)29/h2-9,12,15-17,19H,10-11,13-14H2,(H,31,32). The van der Waals surface area contributed by atoms with Crippen molar-refractivity contribution in [3.8, 4) is 0 Å². The second-order valence-corrected chi connectivity index (χ2v) is 12.9. The molecule has 0 saturated carbocycles. The molecule has 208 valence electrons. The largest absolute Gasteiger partial charge is 0.416 e. The molecule has 0 aliphatic carbocycles. The minimum Gasteiger partial charge on any atom is -0.390 e. The van der Waals surface area contributed by atoms with Gasteiger partial charge in [0, 0.05) is 36.9 Å². The van der Waals surface area contributed by atoms with Crippen molar-refractivity contribution < 1.29 is 30.0 Å². The summed E-state index contributed by atoms with van der Waals surface area (Å²) in [6.45, 7) is 7.65. The van der Waals surface area contributed by atoms with Gasteiger partial charge in [0.15, 0.2) is 5.65 Å². The molecular weight excluding hydrogens is 567 g/mol. The van der Waals surface area contributed by atoms with Crippen molar-refractivity contribution in [2.75, 3.05) is 18.4 Å². The fourth-order valence-corrected chi connectivity index (χ4v) is 7.45. The molecule has 0 spiro atoms. The smallest absolute Gasteiger partial charge is 0.390 e. The molecule has 0 radical (unpaired) electrons. The van der Waals surface area contributed by atoms with Crippen LogP contribution in [0.1, 0.15) is 18.4 Å². The zero-order valence-electron chi connectivity index (χ0n) is 20.7. The van der Waals surface area contributed by atoms with Crippen LogP contribution in [-0.4, -0.2) is 49.2 Å². The van der Waals surface area contributed by atoms with Gasteiger partial charge in [-0.1, -0.05) is 24.3 Å². The number of alkyl halides is 3. The van der Waals surface area contributed by atoms with Crippen molar-refractivity contribution in [1.82, 2.24) is 13.3 Å². The molecule has 1 aliphatic rings. The summed E-state index contributed by atoms with van der Waals surface area (Å²) in [7, 11) is -8.10. The molecule has 5 rings (SSSR count). The zero-order chi connectivity index (χ0) is 28.7. The topological polar surface area (TPSA) is 106 Å². The van der Waals surface area contributed by atoms with Gasteiger partial charge in [-0.25, -0.2) is 30.6 Å². The van der Waals surface area contributed by atoms with Gasteiger partial charge in [-0.05, 0) is 49.2 Å². The van der Waals surface area contributed by atoms with E-state index < -0.39 is 36.7 Å². The Balaban J connectivity index is 1.38. The molecule has 1 fully saturated rings. The lowest BCUT2D eigenvalue weighted by atomic mass is 10.1. The van der Waals surface area contributed by atoms with Crippen molar-refractivity contribution in [3.05, 3.63) is 90.0 Å². The van der Waals surface area contributed by atoms with Gasteiger partial charge >= 0.3 is 6.18 Å². The normalized spacial score (nSPS) is 15.7. The molecule has 3 heterocycles. The maximum atomic E-state index is 13.2. The highest BCUT2D eigenvalue weighted by Crippen LogP contribution is 2.36. The Bertz CT molecular complexity index is 1830. The molecule has 0 amide bonds. The highest BCUT2D eigenvalue weighted by Gasteiger charge is 2.34. The average Bonchev–Trinajstić information content (AvgIpc) is 3.39. The van der Waals surface area contributed by atoms with Crippen LogP contribution in [0.15, 0.2) is 82.8 Å². The summed E-state index contributed by atoms with van der Waals surface area (Å²) >= 11 is 0. The third kappa shape index (κ3) is 5.03. The van der Waals surface area contributed by atoms with E-state index in [0.29, 0.717) is 30.0 Å². The van der Waals surface area contributed by atoms with E-state index in [-0.39, 0.29) is 35.4 Å². The van der Waals surface area contributed by atoms with E-state index in [9.17, 15) is 30.0 Å². The maximum absolute atomic E-state index is 13.2. The van der Waals surface area contributed by atoms with Gasteiger partial charge in [-0.2, -0.15) is 17.5 Å². The van der Waals surface area contributed by atoms with Gasteiger partial charge in [0.1, 0.15) is 0 Å². The Morgan fingerprint density at radius 3 is 2.25 bits per heavy atom. The van der Waals surface area contributed by atoms with Crippen LogP contribution in [0.4, 0.5) is 24.5 Å². The van der Waals surface area contributed by atoms with E-state index in [4.69, 9.17) is 6.57 Å². The van der Waals surface area contributed by atoms with E-state index in [0.717, 1.165) is 26.5 Å². The molecular formula is C26H22F3N5O4S2. The molecule has 1 N–H and O–H groups in total. The quantitative estimate of drug-likeness (QED) is 0.314. The lowest BCUT2D eigenvalue weighted by Gasteiger charge is -2.32.